The predicted octanol–water partition coefficient (Wildman–Crippen LogP) is 4.16. The van der Waals surface area contributed by atoms with Gasteiger partial charge in [0.25, 0.3) is 0 Å². The van der Waals surface area contributed by atoms with Gasteiger partial charge < -0.3 is 15.3 Å². The van der Waals surface area contributed by atoms with Crippen LogP contribution in [0.1, 0.15) is 37.5 Å². The molecule has 3 nitrogen and oxygen atoms in total. The van der Waals surface area contributed by atoms with Crippen LogP contribution in [-0.2, 0) is 19.3 Å². The molecule has 0 radical (unpaired) electrons. The van der Waals surface area contributed by atoms with Crippen LogP contribution in [0.3, 0.4) is 0 Å². The molecule has 0 aliphatic carbocycles. The summed E-state index contributed by atoms with van der Waals surface area (Å²) in [7, 11) is 0. The zero-order valence-electron chi connectivity index (χ0n) is 12.8. The molecule has 0 aromatic heterocycles. The van der Waals surface area contributed by atoms with E-state index in [1.54, 1.807) is 6.07 Å². The molecule has 3 N–H and O–H groups in total. The van der Waals surface area contributed by atoms with Crippen molar-refractivity contribution in [2.75, 3.05) is 0 Å². The second-order valence-corrected chi connectivity index (χ2v) is 5.12. The van der Waals surface area contributed by atoms with Crippen molar-refractivity contribution in [1.29, 1.82) is 0 Å². The molecule has 0 aliphatic heterocycles. The fourth-order valence-electron chi connectivity index (χ4n) is 2.96. The molecule has 3 heteroatoms. The summed E-state index contributed by atoms with van der Waals surface area (Å²) in [4.78, 5) is 0. The van der Waals surface area contributed by atoms with Crippen LogP contribution >= 0.6 is 0 Å². The minimum atomic E-state index is -0.0290. The quantitative estimate of drug-likeness (QED) is 0.791. The lowest BCUT2D eigenvalue weighted by Crippen LogP contribution is -2.00. The first kappa shape index (κ1) is 15.2. The van der Waals surface area contributed by atoms with Crippen LogP contribution < -0.4 is 0 Å². The third kappa shape index (κ3) is 2.56. The molecule has 0 saturated heterocycles. The molecule has 0 fully saturated rings. The van der Waals surface area contributed by atoms with Crippen molar-refractivity contribution >= 4 is 0 Å². The molecular formula is C18H22O3. The van der Waals surface area contributed by atoms with Crippen molar-refractivity contribution < 1.29 is 15.3 Å². The maximum absolute atomic E-state index is 10.6. The number of rotatable bonds is 4. The van der Waals surface area contributed by atoms with Crippen molar-refractivity contribution in [2.45, 2.75) is 40.0 Å². The topological polar surface area (TPSA) is 60.7 Å². The number of phenols is 3. The number of hydrogen-bond donors (Lipinski definition) is 3. The third-order valence-corrected chi connectivity index (χ3v) is 3.99. The fourth-order valence-corrected chi connectivity index (χ4v) is 2.96. The summed E-state index contributed by atoms with van der Waals surface area (Å²) in [6, 6.07) is 6.48. The van der Waals surface area contributed by atoms with E-state index in [1.165, 1.54) is 12.1 Å². The summed E-state index contributed by atoms with van der Waals surface area (Å²) in [6.07, 6.45) is 2.41. The highest BCUT2D eigenvalue weighted by atomic mass is 16.3. The van der Waals surface area contributed by atoms with Gasteiger partial charge in [0.05, 0.1) is 5.56 Å². The molecule has 2 rings (SSSR count). The lowest BCUT2D eigenvalue weighted by molar-refractivity contribution is 0.448. The Morgan fingerprint density at radius 1 is 0.810 bits per heavy atom. The molecule has 0 amide bonds. The van der Waals surface area contributed by atoms with Crippen LogP contribution in [0.4, 0.5) is 0 Å². The molecule has 2 aromatic carbocycles. The lowest BCUT2D eigenvalue weighted by Gasteiger charge is -2.18. The molecular weight excluding hydrogens is 264 g/mol. The minimum absolute atomic E-state index is 0.0290. The second kappa shape index (κ2) is 6.08. The van der Waals surface area contributed by atoms with E-state index in [0.717, 1.165) is 29.5 Å². The maximum atomic E-state index is 10.6. The minimum Gasteiger partial charge on any atom is -0.507 e. The van der Waals surface area contributed by atoms with Crippen molar-refractivity contribution in [1.82, 2.24) is 0 Å². The summed E-state index contributed by atoms with van der Waals surface area (Å²) in [5, 5.41) is 30.7. The van der Waals surface area contributed by atoms with Gasteiger partial charge in [0.15, 0.2) is 0 Å². The summed E-state index contributed by atoms with van der Waals surface area (Å²) in [5.74, 6) is 0.0978. The van der Waals surface area contributed by atoms with Crippen molar-refractivity contribution in [3.8, 4) is 28.4 Å². The first-order valence-electron chi connectivity index (χ1n) is 7.42. The Bertz CT molecular complexity index is 640. The van der Waals surface area contributed by atoms with Gasteiger partial charge >= 0.3 is 0 Å². The molecule has 0 aliphatic rings. The summed E-state index contributed by atoms with van der Waals surface area (Å²) >= 11 is 0. The van der Waals surface area contributed by atoms with E-state index in [2.05, 4.69) is 13.8 Å². The number of hydrogen-bond acceptors (Lipinski definition) is 3. The number of phenolic OH excluding ortho intramolecular Hbond substituents is 3. The molecule has 0 spiro atoms. The average Bonchev–Trinajstić information content (AvgIpc) is 2.47. The SMILES string of the molecule is CCc1cc(-c2c(O)cccc2O)c(O)c(CC)c1CC. The van der Waals surface area contributed by atoms with Crippen LogP contribution in [0.15, 0.2) is 24.3 Å². The summed E-state index contributed by atoms with van der Waals surface area (Å²) in [5.41, 5.74) is 3.99. The van der Waals surface area contributed by atoms with Crippen molar-refractivity contribution in [3.05, 3.63) is 41.0 Å². The van der Waals surface area contributed by atoms with E-state index in [9.17, 15) is 15.3 Å². The molecule has 2 aromatic rings. The fraction of sp³-hybridized carbons (Fsp3) is 0.333. The second-order valence-electron chi connectivity index (χ2n) is 5.12. The number of aryl methyl sites for hydroxylation is 1. The predicted molar refractivity (Wildman–Crippen MR) is 85.0 cm³/mol. The monoisotopic (exact) mass is 286 g/mol. The van der Waals surface area contributed by atoms with Gasteiger partial charge in [0.1, 0.15) is 17.2 Å². The Kier molecular flexibility index (Phi) is 4.41. The van der Waals surface area contributed by atoms with Gasteiger partial charge in [0.2, 0.25) is 0 Å². The van der Waals surface area contributed by atoms with Crippen LogP contribution in [-0.4, -0.2) is 15.3 Å². The van der Waals surface area contributed by atoms with Gasteiger partial charge in [-0.3, -0.25) is 0 Å². The molecule has 0 saturated carbocycles. The first-order chi connectivity index (χ1) is 10.0. The van der Waals surface area contributed by atoms with Gasteiger partial charge in [-0.1, -0.05) is 26.8 Å². The highest BCUT2D eigenvalue weighted by Gasteiger charge is 2.19. The van der Waals surface area contributed by atoms with E-state index >= 15 is 0 Å². The Balaban J connectivity index is 2.82. The maximum Gasteiger partial charge on any atom is 0.127 e. The van der Waals surface area contributed by atoms with E-state index < -0.39 is 0 Å². The Labute approximate surface area is 125 Å². The van der Waals surface area contributed by atoms with E-state index in [0.29, 0.717) is 17.5 Å². The number of benzene rings is 2. The first-order valence-corrected chi connectivity index (χ1v) is 7.42. The van der Waals surface area contributed by atoms with E-state index in [4.69, 9.17) is 0 Å². The normalized spacial score (nSPS) is 10.8. The molecule has 0 unspecified atom stereocenters. The van der Waals surface area contributed by atoms with Crippen molar-refractivity contribution in [3.63, 3.8) is 0 Å². The molecule has 112 valence electrons. The van der Waals surface area contributed by atoms with Gasteiger partial charge in [-0.15, -0.1) is 0 Å². The summed E-state index contributed by atoms with van der Waals surface area (Å²) in [6.45, 7) is 6.14. The van der Waals surface area contributed by atoms with Crippen LogP contribution in [0.25, 0.3) is 11.1 Å². The molecule has 0 atom stereocenters. The Hall–Kier alpha value is -2.16. The summed E-state index contributed by atoms with van der Waals surface area (Å²) < 4.78 is 0. The van der Waals surface area contributed by atoms with Crippen molar-refractivity contribution in [2.24, 2.45) is 0 Å². The lowest BCUT2D eigenvalue weighted by atomic mass is 9.89. The largest absolute Gasteiger partial charge is 0.507 e. The van der Waals surface area contributed by atoms with E-state index in [-0.39, 0.29) is 17.2 Å². The number of aromatic hydroxyl groups is 3. The zero-order valence-corrected chi connectivity index (χ0v) is 12.8. The van der Waals surface area contributed by atoms with Crippen LogP contribution in [0.5, 0.6) is 17.2 Å². The molecule has 21 heavy (non-hydrogen) atoms. The van der Waals surface area contributed by atoms with E-state index in [1.807, 2.05) is 13.0 Å². The Morgan fingerprint density at radius 3 is 1.86 bits per heavy atom. The van der Waals surface area contributed by atoms with Crippen LogP contribution in [0.2, 0.25) is 0 Å². The third-order valence-electron chi connectivity index (χ3n) is 3.99. The van der Waals surface area contributed by atoms with Crippen LogP contribution in [0, 0.1) is 0 Å². The molecule has 0 heterocycles. The highest BCUT2D eigenvalue weighted by Crippen LogP contribution is 2.44. The zero-order chi connectivity index (χ0) is 15.6. The molecule has 0 bridgehead atoms. The average molecular weight is 286 g/mol. The highest BCUT2D eigenvalue weighted by molar-refractivity contribution is 5.82. The van der Waals surface area contributed by atoms with Gasteiger partial charge in [-0.2, -0.15) is 0 Å². The standard InChI is InChI=1S/C18H22O3/c1-4-11-10-14(17-15(19)8-7-9-16(17)20)18(21)13(6-3)12(11)5-2/h7-10,19-21H,4-6H2,1-3H3. The van der Waals surface area contributed by atoms with Gasteiger partial charge in [0, 0.05) is 5.56 Å². The van der Waals surface area contributed by atoms with Gasteiger partial charge in [-0.25, -0.2) is 0 Å². The Morgan fingerprint density at radius 2 is 1.38 bits per heavy atom. The smallest absolute Gasteiger partial charge is 0.127 e. The van der Waals surface area contributed by atoms with Gasteiger partial charge in [-0.05, 0) is 54.2 Å².